The summed E-state index contributed by atoms with van der Waals surface area (Å²) < 4.78 is 0. The number of nitrogens with one attached hydrogen (secondary N) is 1. The summed E-state index contributed by atoms with van der Waals surface area (Å²) in [7, 11) is 0. The van der Waals surface area contributed by atoms with Crippen LogP contribution in [0.25, 0.3) is 10.4 Å². The zero-order chi connectivity index (χ0) is 12.9. The molecule has 0 aliphatic carbocycles. The van der Waals surface area contributed by atoms with Crippen LogP contribution in [0.15, 0.2) is 40.5 Å². The monoisotopic (exact) mass is 306 g/mol. The first kappa shape index (κ1) is 13.0. The third kappa shape index (κ3) is 3.51. The highest BCUT2D eigenvalue weighted by Crippen LogP contribution is 2.29. The summed E-state index contributed by atoms with van der Waals surface area (Å²) in [6, 6.07) is 6.56. The fourth-order valence-electron chi connectivity index (χ4n) is 1.83. The lowest BCUT2D eigenvalue weighted by atomic mass is 10.2. The highest BCUT2D eigenvalue weighted by molar-refractivity contribution is 7.14. The highest BCUT2D eigenvalue weighted by Gasteiger charge is 2.03. The van der Waals surface area contributed by atoms with Gasteiger partial charge in [0.25, 0.3) is 0 Å². The van der Waals surface area contributed by atoms with Crippen molar-refractivity contribution in [2.45, 2.75) is 13.0 Å². The van der Waals surface area contributed by atoms with E-state index < -0.39 is 0 Å². The predicted octanol–water partition coefficient (Wildman–Crippen LogP) is 4.27. The first-order valence-electron chi connectivity index (χ1n) is 6.12. The Labute approximate surface area is 124 Å². The Kier molecular flexibility index (Phi) is 4.40. The molecule has 3 rings (SSSR count). The SMILES string of the molecule is c1csc(-c2csc(CNCCc3nccs3)c2)c1. The summed E-state index contributed by atoms with van der Waals surface area (Å²) >= 11 is 5.35. The maximum Gasteiger partial charge on any atom is 0.0937 e. The van der Waals surface area contributed by atoms with Gasteiger partial charge in [-0.15, -0.1) is 34.0 Å². The fourth-order valence-corrected chi connectivity index (χ4v) is 4.09. The first-order valence-corrected chi connectivity index (χ1v) is 8.76. The summed E-state index contributed by atoms with van der Waals surface area (Å²) in [6.07, 6.45) is 2.88. The van der Waals surface area contributed by atoms with E-state index in [2.05, 4.69) is 39.3 Å². The van der Waals surface area contributed by atoms with E-state index in [0.29, 0.717) is 0 Å². The lowest BCUT2D eigenvalue weighted by Crippen LogP contribution is -2.15. The molecular formula is C14H14N2S3. The summed E-state index contributed by atoms with van der Waals surface area (Å²) in [5.41, 5.74) is 1.34. The maximum atomic E-state index is 4.28. The Morgan fingerprint density at radius 3 is 2.95 bits per heavy atom. The van der Waals surface area contributed by atoms with E-state index in [9.17, 15) is 0 Å². The van der Waals surface area contributed by atoms with Crippen LogP contribution in [0.4, 0.5) is 0 Å². The van der Waals surface area contributed by atoms with Crippen LogP contribution in [0.1, 0.15) is 9.88 Å². The Morgan fingerprint density at radius 2 is 2.16 bits per heavy atom. The molecule has 98 valence electrons. The number of aromatic nitrogens is 1. The Hall–Kier alpha value is -1.01. The van der Waals surface area contributed by atoms with E-state index in [1.807, 2.05) is 22.9 Å². The maximum absolute atomic E-state index is 4.28. The van der Waals surface area contributed by atoms with E-state index in [0.717, 1.165) is 19.5 Å². The predicted molar refractivity (Wildman–Crippen MR) is 85.2 cm³/mol. The molecule has 3 aromatic rings. The minimum absolute atomic E-state index is 0.946. The quantitative estimate of drug-likeness (QED) is 0.688. The van der Waals surface area contributed by atoms with Crippen LogP contribution in [-0.4, -0.2) is 11.5 Å². The molecule has 3 heterocycles. The van der Waals surface area contributed by atoms with Gasteiger partial charge in [-0.25, -0.2) is 4.98 Å². The van der Waals surface area contributed by atoms with Gasteiger partial charge in [0, 0.05) is 46.4 Å². The lowest BCUT2D eigenvalue weighted by molar-refractivity contribution is 0.692. The van der Waals surface area contributed by atoms with Crippen LogP contribution in [0.5, 0.6) is 0 Å². The molecule has 19 heavy (non-hydrogen) atoms. The van der Waals surface area contributed by atoms with Crippen molar-refractivity contribution >= 4 is 34.0 Å². The van der Waals surface area contributed by atoms with Crippen LogP contribution in [0.2, 0.25) is 0 Å². The molecule has 0 atom stereocenters. The summed E-state index contributed by atoms with van der Waals surface area (Å²) in [5, 5.41) is 11.1. The molecule has 0 fully saturated rings. The second kappa shape index (κ2) is 6.43. The van der Waals surface area contributed by atoms with Crippen LogP contribution in [0, 0.1) is 0 Å². The van der Waals surface area contributed by atoms with Crippen molar-refractivity contribution in [2.24, 2.45) is 0 Å². The lowest BCUT2D eigenvalue weighted by Gasteiger charge is -2.00. The average Bonchev–Trinajstić information content (AvgIpc) is 3.15. The van der Waals surface area contributed by atoms with E-state index in [1.54, 1.807) is 22.7 Å². The molecular weight excluding hydrogens is 292 g/mol. The van der Waals surface area contributed by atoms with Crippen molar-refractivity contribution in [3.63, 3.8) is 0 Å². The van der Waals surface area contributed by atoms with Gasteiger partial charge in [0.2, 0.25) is 0 Å². The number of hydrogen-bond acceptors (Lipinski definition) is 5. The summed E-state index contributed by atoms with van der Waals surface area (Å²) in [5.74, 6) is 0. The Bertz CT molecular complexity index is 596. The van der Waals surface area contributed by atoms with Crippen molar-refractivity contribution in [1.82, 2.24) is 10.3 Å². The van der Waals surface area contributed by atoms with Crippen molar-refractivity contribution in [3.05, 3.63) is 50.4 Å². The first-order chi connectivity index (χ1) is 9.42. The number of hydrogen-bond donors (Lipinski definition) is 1. The van der Waals surface area contributed by atoms with Gasteiger partial charge in [0.05, 0.1) is 5.01 Å². The molecule has 0 amide bonds. The number of rotatable bonds is 6. The van der Waals surface area contributed by atoms with Crippen LogP contribution in [0.3, 0.4) is 0 Å². The standard InChI is InChI=1S/C14H14N2S3/c1-2-13(17-6-1)11-8-12(19-10-11)9-15-4-3-14-16-5-7-18-14/h1-2,5-8,10,15H,3-4,9H2. The van der Waals surface area contributed by atoms with E-state index in [-0.39, 0.29) is 0 Å². The average molecular weight is 306 g/mol. The van der Waals surface area contributed by atoms with E-state index >= 15 is 0 Å². The van der Waals surface area contributed by atoms with E-state index in [4.69, 9.17) is 0 Å². The molecule has 2 nitrogen and oxygen atoms in total. The number of thiazole rings is 1. The molecule has 3 aromatic heterocycles. The molecule has 0 saturated heterocycles. The zero-order valence-electron chi connectivity index (χ0n) is 10.3. The van der Waals surface area contributed by atoms with Crippen molar-refractivity contribution in [1.29, 1.82) is 0 Å². The van der Waals surface area contributed by atoms with Gasteiger partial charge in [-0.2, -0.15) is 0 Å². The van der Waals surface area contributed by atoms with Gasteiger partial charge in [0.15, 0.2) is 0 Å². The molecule has 0 unspecified atom stereocenters. The smallest absolute Gasteiger partial charge is 0.0937 e. The van der Waals surface area contributed by atoms with Crippen molar-refractivity contribution in [2.75, 3.05) is 6.54 Å². The van der Waals surface area contributed by atoms with Crippen molar-refractivity contribution < 1.29 is 0 Å². The van der Waals surface area contributed by atoms with Crippen LogP contribution in [-0.2, 0) is 13.0 Å². The van der Waals surface area contributed by atoms with Gasteiger partial charge >= 0.3 is 0 Å². The summed E-state index contributed by atoms with van der Waals surface area (Å²) in [6.45, 7) is 1.93. The molecule has 0 radical (unpaired) electrons. The van der Waals surface area contributed by atoms with Gasteiger partial charge in [-0.3, -0.25) is 0 Å². The molecule has 0 aromatic carbocycles. The fraction of sp³-hybridized carbons (Fsp3) is 0.214. The third-order valence-corrected chi connectivity index (χ3v) is 5.45. The van der Waals surface area contributed by atoms with Gasteiger partial charge in [0.1, 0.15) is 0 Å². The number of thiophene rings is 2. The second-order valence-corrected chi connectivity index (χ2v) is 7.05. The highest BCUT2D eigenvalue weighted by atomic mass is 32.1. The zero-order valence-corrected chi connectivity index (χ0v) is 12.8. The van der Waals surface area contributed by atoms with E-state index in [1.165, 1.54) is 20.3 Å². The minimum atomic E-state index is 0.946. The third-order valence-electron chi connectivity index (χ3n) is 2.76. The molecule has 0 spiro atoms. The molecule has 0 aliphatic rings. The van der Waals surface area contributed by atoms with Crippen molar-refractivity contribution in [3.8, 4) is 10.4 Å². The second-order valence-electron chi connectivity index (χ2n) is 4.13. The normalized spacial score (nSPS) is 10.9. The molecule has 0 bridgehead atoms. The topological polar surface area (TPSA) is 24.9 Å². The van der Waals surface area contributed by atoms with Gasteiger partial charge in [-0.1, -0.05) is 6.07 Å². The molecule has 5 heteroatoms. The Balaban J connectivity index is 1.48. The molecule has 0 aliphatic heterocycles. The molecule has 1 N–H and O–H groups in total. The Morgan fingerprint density at radius 1 is 1.16 bits per heavy atom. The van der Waals surface area contributed by atoms with Crippen LogP contribution >= 0.6 is 34.0 Å². The van der Waals surface area contributed by atoms with Crippen LogP contribution < -0.4 is 5.32 Å². The largest absolute Gasteiger partial charge is 0.311 e. The minimum Gasteiger partial charge on any atom is -0.311 e. The number of nitrogens with zero attached hydrogens (tertiary/aromatic N) is 1. The van der Waals surface area contributed by atoms with Gasteiger partial charge < -0.3 is 5.32 Å². The van der Waals surface area contributed by atoms with Gasteiger partial charge in [-0.05, 0) is 22.9 Å². The molecule has 0 saturated carbocycles. The summed E-state index contributed by atoms with van der Waals surface area (Å²) in [4.78, 5) is 7.02.